The number of rotatable bonds is 7. The third kappa shape index (κ3) is 6.13. The van der Waals surface area contributed by atoms with Crippen molar-refractivity contribution in [3.8, 4) is 0 Å². The van der Waals surface area contributed by atoms with Crippen molar-refractivity contribution in [2.75, 3.05) is 6.54 Å². The zero-order valence-electron chi connectivity index (χ0n) is 12.2. The number of nitrogens with zero attached hydrogens (tertiary/aromatic N) is 1. The van der Waals surface area contributed by atoms with Gasteiger partial charge in [-0.05, 0) is 29.3 Å². The number of hydrogen-bond acceptors (Lipinski definition) is 4. The molecule has 0 saturated heterocycles. The first kappa shape index (κ1) is 17.0. The summed E-state index contributed by atoms with van der Waals surface area (Å²) in [7, 11) is -3.67. The van der Waals surface area contributed by atoms with Crippen molar-refractivity contribution in [1.29, 1.82) is 0 Å². The van der Waals surface area contributed by atoms with Crippen LogP contribution in [-0.2, 0) is 27.1 Å². The van der Waals surface area contributed by atoms with E-state index in [0.29, 0.717) is 5.56 Å². The van der Waals surface area contributed by atoms with E-state index in [-0.39, 0.29) is 18.8 Å². The second-order valence-corrected chi connectivity index (χ2v) is 6.65. The molecule has 0 aliphatic rings. The van der Waals surface area contributed by atoms with Crippen LogP contribution in [0.4, 0.5) is 4.39 Å². The molecule has 8 heteroatoms. The number of halogens is 1. The molecule has 122 valence electrons. The van der Waals surface area contributed by atoms with E-state index in [0.717, 1.165) is 5.56 Å². The van der Waals surface area contributed by atoms with Crippen molar-refractivity contribution in [3.63, 3.8) is 0 Å². The second kappa shape index (κ2) is 7.80. The zero-order chi connectivity index (χ0) is 16.7. The molecule has 0 atom stereocenters. The van der Waals surface area contributed by atoms with Gasteiger partial charge in [-0.15, -0.1) is 0 Å². The summed E-state index contributed by atoms with van der Waals surface area (Å²) in [5.74, 6) is -1.20. The fourth-order valence-corrected chi connectivity index (χ4v) is 2.88. The van der Waals surface area contributed by atoms with Crippen molar-refractivity contribution in [2.45, 2.75) is 12.3 Å². The fraction of sp³-hybridized carbons (Fsp3) is 0.200. The lowest BCUT2D eigenvalue weighted by Crippen LogP contribution is -2.37. The van der Waals surface area contributed by atoms with Crippen molar-refractivity contribution < 1.29 is 17.6 Å². The Balaban J connectivity index is 1.79. The molecule has 2 N–H and O–H groups in total. The highest BCUT2D eigenvalue weighted by atomic mass is 32.2. The number of amides is 1. The van der Waals surface area contributed by atoms with Crippen LogP contribution in [0.2, 0.25) is 0 Å². The molecule has 0 spiro atoms. The van der Waals surface area contributed by atoms with Gasteiger partial charge in [-0.1, -0.05) is 18.2 Å². The Kier molecular flexibility index (Phi) is 5.78. The molecule has 2 rings (SSSR count). The number of carbonyl (C=O) groups is 1. The largest absolute Gasteiger partial charge is 0.351 e. The average Bonchev–Trinajstić information content (AvgIpc) is 2.54. The Labute approximate surface area is 133 Å². The van der Waals surface area contributed by atoms with Gasteiger partial charge in [-0.2, -0.15) is 0 Å². The van der Waals surface area contributed by atoms with Crippen LogP contribution in [-0.4, -0.2) is 25.9 Å². The van der Waals surface area contributed by atoms with Gasteiger partial charge >= 0.3 is 0 Å². The third-order valence-corrected chi connectivity index (χ3v) is 4.23. The van der Waals surface area contributed by atoms with Crippen LogP contribution in [0.3, 0.4) is 0 Å². The summed E-state index contributed by atoms with van der Waals surface area (Å²) in [6.07, 6.45) is 3.23. The van der Waals surface area contributed by atoms with Crippen LogP contribution in [0.1, 0.15) is 11.1 Å². The molecule has 1 aromatic carbocycles. The molecule has 23 heavy (non-hydrogen) atoms. The molecule has 0 saturated carbocycles. The number of carbonyl (C=O) groups excluding carboxylic acids is 1. The molecular formula is C15H16FN3O3S. The number of pyridine rings is 1. The summed E-state index contributed by atoms with van der Waals surface area (Å²) in [6.45, 7) is -0.0871. The van der Waals surface area contributed by atoms with Gasteiger partial charge < -0.3 is 5.32 Å². The Bertz CT molecular complexity index is 749. The molecule has 0 unspecified atom stereocenters. The van der Waals surface area contributed by atoms with E-state index in [2.05, 4.69) is 15.0 Å². The summed E-state index contributed by atoms with van der Waals surface area (Å²) in [5.41, 5.74) is 1.25. The molecule has 0 aliphatic carbocycles. The minimum Gasteiger partial charge on any atom is -0.351 e. The number of nitrogens with one attached hydrogen (secondary N) is 2. The lowest BCUT2D eigenvalue weighted by molar-refractivity contribution is -0.120. The average molecular weight is 337 g/mol. The van der Waals surface area contributed by atoms with Crippen LogP contribution in [0.15, 0.2) is 48.8 Å². The van der Waals surface area contributed by atoms with Gasteiger partial charge in [0.2, 0.25) is 15.9 Å². The summed E-state index contributed by atoms with van der Waals surface area (Å²) < 4.78 is 38.7. The Morgan fingerprint density at radius 2 is 1.87 bits per heavy atom. The topological polar surface area (TPSA) is 88.2 Å². The predicted octanol–water partition coefficient (Wildman–Crippen LogP) is 0.956. The smallest absolute Gasteiger partial charge is 0.235 e. The zero-order valence-corrected chi connectivity index (χ0v) is 13.0. The Morgan fingerprint density at radius 3 is 2.52 bits per heavy atom. The monoisotopic (exact) mass is 337 g/mol. The summed E-state index contributed by atoms with van der Waals surface area (Å²) >= 11 is 0. The van der Waals surface area contributed by atoms with E-state index in [4.69, 9.17) is 0 Å². The molecule has 1 amide bonds. The Hall–Kier alpha value is -2.32. The second-order valence-electron chi connectivity index (χ2n) is 4.84. The maximum atomic E-state index is 12.8. The summed E-state index contributed by atoms with van der Waals surface area (Å²) in [5, 5.41) is 2.59. The molecule has 0 aliphatic heterocycles. The number of hydrogen-bond donors (Lipinski definition) is 2. The summed E-state index contributed by atoms with van der Waals surface area (Å²) in [6, 6.07) is 8.68. The van der Waals surface area contributed by atoms with E-state index in [1.807, 2.05) is 0 Å². The van der Waals surface area contributed by atoms with Crippen LogP contribution < -0.4 is 10.0 Å². The first-order valence-electron chi connectivity index (χ1n) is 6.82. The lowest BCUT2D eigenvalue weighted by atomic mass is 10.2. The number of aromatic nitrogens is 1. The van der Waals surface area contributed by atoms with E-state index in [1.165, 1.54) is 24.3 Å². The van der Waals surface area contributed by atoms with Crippen LogP contribution in [0.25, 0.3) is 0 Å². The van der Waals surface area contributed by atoms with Crippen LogP contribution in [0, 0.1) is 5.82 Å². The predicted molar refractivity (Wildman–Crippen MR) is 83.1 cm³/mol. The quantitative estimate of drug-likeness (QED) is 0.788. The molecule has 1 aromatic heterocycles. The molecule has 0 fully saturated rings. The molecule has 2 aromatic rings. The molecule has 0 radical (unpaired) electrons. The molecule has 0 bridgehead atoms. The highest BCUT2D eigenvalue weighted by Gasteiger charge is 2.13. The highest BCUT2D eigenvalue weighted by molar-refractivity contribution is 7.88. The van der Waals surface area contributed by atoms with Crippen molar-refractivity contribution in [1.82, 2.24) is 15.0 Å². The van der Waals surface area contributed by atoms with Crippen LogP contribution in [0.5, 0.6) is 0 Å². The third-order valence-electron chi connectivity index (χ3n) is 2.94. The standard InChI is InChI=1S/C15H16FN3O3S/c16-14-5-3-12(4-6-14)11-23(21,22)19-10-15(20)18-9-13-2-1-7-17-8-13/h1-8,19H,9-11H2,(H,18,20). The summed E-state index contributed by atoms with van der Waals surface area (Å²) in [4.78, 5) is 15.6. The minimum atomic E-state index is -3.67. The van der Waals surface area contributed by atoms with Gasteiger partial charge in [-0.25, -0.2) is 17.5 Å². The van der Waals surface area contributed by atoms with E-state index in [1.54, 1.807) is 24.5 Å². The van der Waals surface area contributed by atoms with E-state index in [9.17, 15) is 17.6 Å². The van der Waals surface area contributed by atoms with Crippen molar-refractivity contribution in [2.24, 2.45) is 0 Å². The first-order valence-corrected chi connectivity index (χ1v) is 8.47. The lowest BCUT2D eigenvalue weighted by Gasteiger charge is -2.08. The Morgan fingerprint density at radius 1 is 1.13 bits per heavy atom. The van der Waals surface area contributed by atoms with E-state index < -0.39 is 21.7 Å². The minimum absolute atomic E-state index is 0.270. The van der Waals surface area contributed by atoms with Gasteiger partial charge in [0, 0.05) is 18.9 Å². The number of benzene rings is 1. The van der Waals surface area contributed by atoms with Crippen LogP contribution >= 0.6 is 0 Å². The van der Waals surface area contributed by atoms with Crippen molar-refractivity contribution in [3.05, 3.63) is 65.7 Å². The van der Waals surface area contributed by atoms with Gasteiger partial charge in [0.25, 0.3) is 0 Å². The number of sulfonamides is 1. The van der Waals surface area contributed by atoms with Gasteiger partial charge in [0.1, 0.15) is 5.82 Å². The first-order chi connectivity index (χ1) is 10.9. The molecular weight excluding hydrogens is 321 g/mol. The fourth-order valence-electron chi connectivity index (χ4n) is 1.79. The normalized spacial score (nSPS) is 11.2. The maximum Gasteiger partial charge on any atom is 0.235 e. The van der Waals surface area contributed by atoms with E-state index >= 15 is 0 Å². The van der Waals surface area contributed by atoms with Gasteiger partial charge in [-0.3, -0.25) is 9.78 Å². The van der Waals surface area contributed by atoms with Gasteiger partial charge in [0.15, 0.2) is 0 Å². The van der Waals surface area contributed by atoms with Crippen molar-refractivity contribution >= 4 is 15.9 Å². The molecule has 6 nitrogen and oxygen atoms in total. The molecule has 1 heterocycles. The highest BCUT2D eigenvalue weighted by Crippen LogP contribution is 2.06. The maximum absolute atomic E-state index is 12.8. The van der Waals surface area contributed by atoms with Gasteiger partial charge in [0.05, 0.1) is 12.3 Å². The SMILES string of the molecule is O=C(CNS(=O)(=O)Cc1ccc(F)cc1)NCc1cccnc1.